The Morgan fingerprint density at radius 2 is 2.03 bits per heavy atom. The van der Waals surface area contributed by atoms with Crippen LogP contribution in [0.1, 0.15) is 88.7 Å². The number of rotatable bonds is 9. The first-order chi connectivity index (χ1) is 16.5. The van der Waals surface area contributed by atoms with Crippen LogP contribution in [0.25, 0.3) is 0 Å². The summed E-state index contributed by atoms with van der Waals surface area (Å²) in [4.78, 5) is 32.1. The highest BCUT2D eigenvalue weighted by molar-refractivity contribution is 5.82. The molecule has 4 rings (SSSR count). The topological polar surface area (TPSA) is 97.7 Å². The van der Waals surface area contributed by atoms with Crippen LogP contribution in [-0.2, 0) is 20.8 Å². The predicted octanol–water partition coefficient (Wildman–Crippen LogP) is 3.11. The molecule has 1 aliphatic heterocycles. The second-order valence-electron chi connectivity index (χ2n) is 10.1. The van der Waals surface area contributed by atoms with Crippen LogP contribution in [-0.4, -0.2) is 71.4 Å². The highest BCUT2D eigenvalue weighted by Crippen LogP contribution is 2.37. The van der Waals surface area contributed by atoms with Crippen molar-refractivity contribution in [3.63, 3.8) is 0 Å². The number of nitrogens with zero attached hydrogens (tertiary/aromatic N) is 3. The number of hydrogen-bond acceptors (Lipinski definition) is 6. The van der Waals surface area contributed by atoms with Crippen molar-refractivity contribution in [2.24, 2.45) is 0 Å². The number of morpholine rings is 1. The molecule has 3 aliphatic rings. The SMILES string of the molecule is COC(=O)NCCCn1cc([C@H](C)N(C(=O)[C@H]2CNC[C@@H](C)O2)C2CC2)nc1C1CCCCC1. The lowest BCUT2D eigenvalue weighted by Crippen LogP contribution is -2.53. The molecule has 1 aromatic rings. The third-order valence-electron chi connectivity index (χ3n) is 7.30. The summed E-state index contributed by atoms with van der Waals surface area (Å²) in [5.41, 5.74) is 0.957. The Morgan fingerprint density at radius 1 is 1.26 bits per heavy atom. The Kier molecular flexibility index (Phi) is 8.47. The van der Waals surface area contributed by atoms with E-state index < -0.39 is 12.2 Å². The normalized spacial score (nSPS) is 24.4. The molecule has 0 unspecified atom stereocenters. The number of ether oxygens (including phenoxy) is 2. The Hall–Kier alpha value is -2.13. The number of aromatic nitrogens is 2. The van der Waals surface area contributed by atoms with Gasteiger partial charge in [0, 0.05) is 44.3 Å². The van der Waals surface area contributed by atoms with Gasteiger partial charge in [-0.2, -0.15) is 0 Å². The van der Waals surface area contributed by atoms with Crippen molar-refractivity contribution in [3.05, 3.63) is 17.7 Å². The van der Waals surface area contributed by atoms with Crippen LogP contribution in [0.4, 0.5) is 4.79 Å². The molecule has 2 saturated carbocycles. The number of amides is 2. The molecule has 9 nitrogen and oxygen atoms in total. The zero-order valence-corrected chi connectivity index (χ0v) is 20.9. The first kappa shape index (κ1) is 25.0. The maximum atomic E-state index is 13.5. The van der Waals surface area contributed by atoms with Gasteiger partial charge in [0.15, 0.2) is 0 Å². The minimum atomic E-state index is -0.434. The van der Waals surface area contributed by atoms with Crippen LogP contribution >= 0.6 is 0 Å². The van der Waals surface area contributed by atoms with Gasteiger partial charge in [-0.05, 0) is 46.0 Å². The van der Waals surface area contributed by atoms with E-state index in [1.54, 1.807) is 0 Å². The molecular formula is C25H41N5O4. The average molecular weight is 476 g/mol. The van der Waals surface area contributed by atoms with Gasteiger partial charge in [-0.3, -0.25) is 4.79 Å². The molecule has 0 spiro atoms. The summed E-state index contributed by atoms with van der Waals surface area (Å²) < 4.78 is 12.9. The molecule has 9 heteroatoms. The van der Waals surface area contributed by atoms with E-state index in [4.69, 9.17) is 9.72 Å². The van der Waals surface area contributed by atoms with Crippen molar-refractivity contribution in [1.29, 1.82) is 0 Å². The van der Waals surface area contributed by atoms with Gasteiger partial charge in [-0.1, -0.05) is 19.3 Å². The lowest BCUT2D eigenvalue weighted by molar-refractivity contribution is -0.152. The van der Waals surface area contributed by atoms with Gasteiger partial charge < -0.3 is 29.6 Å². The fraction of sp³-hybridized carbons (Fsp3) is 0.800. The summed E-state index contributed by atoms with van der Waals surface area (Å²) in [5, 5.41) is 6.08. The van der Waals surface area contributed by atoms with Gasteiger partial charge >= 0.3 is 6.09 Å². The quantitative estimate of drug-likeness (QED) is 0.533. The second-order valence-corrected chi connectivity index (χ2v) is 10.1. The lowest BCUT2D eigenvalue weighted by Gasteiger charge is -2.35. The molecule has 2 aliphatic carbocycles. The third-order valence-corrected chi connectivity index (χ3v) is 7.30. The van der Waals surface area contributed by atoms with E-state index in [9.17, 15) is 9.59 Å². The van der Waals surface area contributed by atoms with Crippen molar-refractivity contribution >= 4 is 12.0 Å². The standard InChI is InChI=1S/C25H41N5O4/c1-17-14-26-15-22(34-17)24(31)30(20-10-11-20)18(2)21-16-29(13-7-12-27-25(32)33-3)23(28-21)19-8-5-4-6-9-19/h16-20,22,26H,4-15H2,1-3H3,(H,27,32)/t17-,18+,22-/m1/s1. The third kappa shape index (κ3) is 6.10. The number of carbonyl (C=O) groups is 2. The number of carbonyl (C=O) groups excluding carboxylic acids is 2. The van der Waals surface area contributed by atoms with E-state index in [0.29, 0.717) is 19.0 Å². The highest BCUT2D eigenvalue weighted by atomic mass is 16.5. The summed E-state index contributed by atoms with van der Waals surface area (Å²) in [7, 11) is 1.38. The van der Waals surface area contributed by atoms with E-state index >= 15 is 0 Å². The van der Waals surface area contributed by atoms with Gasteiger partial charge in [-0.25, -0.2) is 9.78 Å². The lowest BCUT2D eigenvalue weighted by atomic mass is 9.88. The van der Waals surface area contributed by atoms with Crippen LogP contribution in [0.5, 0.6) is 0 Å². The zero-order chi connectivity index (χ0) is 24.1. The van der Waals surface area contributed by atoms with Crippen molar-refractivity contribution in [2.75, 3.05) is 26.7 Å². The smallest absolute Gasteiger partial charge is 0.406 e. The summed E-state index contributed by atoms with van der Waals surface area (Å²) >= 11 is 0. The molecule has 2 heterocycles. The van der Waals surface area contributed by atoms with Gasteiger partial charge in [-0.15, -0.1) is 0 Å². The molecule has 34 heavy (non-hydrogen) atoms. The van der Waals surface area contributed by atoms with E-state index in [2.05, 4.69) is 33.1 Å². The van der Waals surface area contributed by atoms with Gasteiger partial charge in [0.25, 0.3) is 5.91 Å². The molecule has 2 N–H and O–H groups in total. The molecule has 1 aromatic heterocycles. The maximum absolute atomic E-state index is 13.5. The van der Waals surface area contributed by atoms with E-state index in [0.717, 1.165) is 56.7 Å². The number of hydrogen-bond donors (Lipinski definition) is 2. The predicted molar refractivity (Wildman–Crippen MR) is 129 cm³/mol. The molecular weight excluding hydrogens is 434 g/mol. The number of nitrogens with one attached hydrogen (secondary N) is 2. The molecule has 0 radical (unpaired) electrons. The monoisotopic (exact) mass is 475 g/mol. The maximum Gasteiger partial charge on any atom is 0.406 e. The van der Waals surface area contributed by atoms with Gasteiger partial charge in [0.1, 0.15) is 11.9 Å². The fourth-order valence-electron chi connectivity index (χ4n) is 5.32. The van der Waals surface area contributed by atoms with Crippen LogP contribution in [0.15, 0.2) is 6.20 Å². The zero-order valence-electron chi connectivity index (χ0n) is 20.9. The number of methoxy groups -OCH3 is 1. The number of imidazole rings is 1. The Labute approximate surface area is 202 Å². The van der Waals surface area contributed by atoms with Crippen LogP contribution in [0, 0.1) is 0 Å². The molecule has 190 valence electrons. The molecule has 1 saturated heterocycles. The summed E-state index contributed by atoms with van der Waals surface area (Å²) in [5.74, 6) is 1.66. The molecule has 2 amide bonds. The largest absolute Gasteiger partial charge is 0.453 e. The van der Waals surface area contributed by atoms with E-state index in [-0.39, 0.29) is 24.1 Å². The van der Waals surface area contributed by atoms with Crippen molar-refractivity contribution in [2.45, 2.75) is 102 Å². The van der Waals surface area contributed by atoms with E-state index in [1.807, 2.05) is 11.8 Å². The number of alkyl carbamates (subject to hydrolysis) is 1. The summed E-state index contributed by atoms with van der Waals surface area (Å²) in [6, 6.07) is 0.175. The van der Waals surface area contributed by atoms with Crippen molar-refractivity contribution < 1.29 is 19.1 Å². The minimum Gasteiger partial charge on any atom is -0.453 e. The summed E-state index contributed by atoms with van der Waals surface area (Å²) in [6.07, 6.45) is 10.3. The molecule has 0 aromatic carbocycles. The molecule has 3 fully saturated rings. The van der Waals surface area contributed by atoms with Gasteiger partial charge in [0.05, 0.1) is 24.9 Å². The van der Waals surface area contributed by atoms with Crippen molar-refractivity contribution in [3.8, 4) is 0 Å². The minimum absolute atomic E-state index is 0.0368. The Balaban J connectivity index is 1.50. The first-order valence-corrected chi connectivity index (χ1v) is 13.0. The Bertz CT molecular complexity index is 833. The summed E-state index contributed by atoms with van der Waals surface area (Å²) in [6.45, 7) is 6.78. The fourth-order valence-corrected chi connectivity index (χ4v) is 5.32. The molecule has 0 bridgehead atoms. The Morgan fingerprint density at radius 3 is 2.71 bits per heavy atom. The van der Waals surface area contributed by atoms with Crippen LogP contribution in [0.2, 0.25) is 0 Å². The van der Waals surface area contributed by atoms with Crippen LogP contribution in [0.3, 0.4) is 0 Å². The molecule has 3 atom stereocenters. The second kappa shape index (κ2) is 11.5. The van der Waals surface area contributed by atoms with Crippen LogP contribution < -0.4 is 10.6 Å². The number of aryl methyl sites for hydroxylation is 1. The van der Waals surface area contributed by atoms with Gasteiger partial charge in [0.2, 0.25) is 0 Å². The highest BCUT2D eigenvalue weighted by Gasteiger charge is 2.41. The first-order valence-electron chi connectivity index (χ1n) is 13.0. The van der Waals surface area contributed by atoms with E-state index in [1.165, 1.54) is 26.4 Å². The van der Waals surface area contributed by atoms with Crippen molar-refractivity contribution in [1.82, 2.24) is 25.1 Å². The average Bonchev–Trinajstić information content (AvgIpc) is 3.59.